The van der Waals surface area contributed by atoms with Gasteiger partial charge < -0.3 is 9.80 Å². The minimum atomic E-state index is -0.341. The van der Waals surface area contributed by atoms with Crippen LogP contribution in [0.2, 0.25) is 0 Å². The first kappa shape index (κ1) is 14.8. The molecule has 0 spiro atoms. The van der Waals surface area contributed by atoms with Crippen LogP contribution in [-0.4, -0.2) is 61.2 Å². The van der Waals surface area contributed by atoms with Crippen LogP contribution in [0.3, 0.4) is 0 Å². The first-order valence-electron chi connectivity index (χ1n) is 7.60. The van der Waals surface area contributed by atoms with Crippen molar-refractivity contribution >= 4 is 0 Å². The van der Waals surface area contributed by atoms with Gasteiger partial charge in [0.05, 0.1) is 6.07 Å². The van der Waals surface area contributed by atoms with Gasteiger partial charge in [-0.05, 0) is 59.7 Å². The maximum absolute atomic E-state index is 9.39. The maximum Gasteiger partial charge on any atom is 0.105 e. The number of likely N-dealkylation sites (N-methyl/N-ethyl adjacent to an activating group) is 1. The molecule has 1 aliphatic carbocycles. The minimum Gasteiger partial charge on any atom is -0.305 e. The second kappa shape index (κ2) is 6.21. The lowest BCUT2D eigenvalue weighted by Crippen LogP contribution is -2.49. The van der Waals surface area contributed by atoms with Gasteiger partial charge in [-0.25, -0.2) is 0 Å². The predicted octanol–water partition coefficient (Wildman–Crippen LogP) is 1.44. The third-order valence-electron chi connectivity index (χ3n) is 4.49. The zero-order valence-electron chi connectivity index (χ0n) is 12.7. The van der Waals surface area contributed by atoms with Crippen LogP contribution in [0.15, 0.2) is 0 Å². The van der Waals surface area contributed by atoms with E-state index in [9.17, 15) is 5.26 Å². The summed E-state index contributed by atoms with van der Waals surface area (Å²) in [7, 11) is 4.34. The monoisotopic (exact) mass is 264 g/mol. The topological polar surface area (TPSA) is 42.3 Å². The van der Waals surface area contributed by atoms with Crippen LogP contribution in [-0.2, 0) is 0 Å². The summed E-state index contributed by atoms with van der Waals surface area (Å²) in [5.74, 6) is 0. The summed E-state index contributed by atoms with van der Waals surface area (Å²) in [4.78, 5) is 4.86. The fraction of sp³-hybridized carbons (Fsp3) is 0.933. The van der Waals surface area contributed by atoms with E-state index in [1.165, 1.54) is 32.2 Å². The van der Waals surface area contributed by atoms with E-state index >= 15 is 0 Å². The van der Waals surface area contributed by atoms with Crippen LogP contribution in [0.5, 0.6) is 0 Å². The van der Waals surface area contributed by atoms with Gasteiger partial charge in [-0.2, -0.15) is 5.26 Å². The molecule has 4 heteroatoms. The molecule has 0 aromatic rings. The van der Waals surface area contributed by atoms with E-state index < -0.39 is 0 Å². The largest absolute Gasteiger partial charge is 0.305 e. The third-order valence-corrected chi connectivity index (χ3v) is 4.49. The molecule has 0 amide bonds. The molecule has 19 heavy (non-hydrogen) atoms. The standard InChI is InChI=1S/C15H28N4/c1-15(12-16,17-13-6-7-13)8-10-19-9-4-5-14(11-19)18(2)3/h13-14,17H,4-11H2,1-3H3. The number of rotatable bonds is 6. The van der Waals surface area contributed by atoms with Crippen LogP contribution in [0.4, 0.5) is 0 Å². The lowest BCUT2D eigenvalue weighted by Gasteiger charge is -2.37. The van der Waals surface area contributed by atoms with Crippen LogP contribution >= 0.6 is 0 Å². The molecule has 2 fully saturated rings. The minimum absolute atomic E-state index is 0.341. The number of nitrogens with zero attached hydrogens (tertiary/aromatic N) is 3. The zero-order valence-corrected chi connectivity index (χ0v) is 12.7. The third kappa shape index (κ3) is 4.45. The van der Waals surface area contributed by atoms with Crippen molar-refractivity contribution in [1.82, 2.24) is 15.1 Å². The van der Waals surface area contributed by atoms with Gasteiger partial charge in [-0.15, -0.1) is 0 Å². The molecule has 2 unspecified atom stereocenters. The second-order valence-electron chi connectivity index (χ2n) is 6.67. The van der Waals surface area contributed by atoms with Crippen molar-refractivity contribution in [2.75, 3.05) is 33.7 Å². The van der Waals surface area contributed by atoms with Gasteiger partial charge in [0.25, 0.3) is 0 Å². The lowest BCUT2D eigenvalue weighted by molar-refractivity contribution is 0.126. The Morgan fingerprint density at radius 2 is 2.11 bits per heavy atom. The van der Waals surface area contributed by atoms with Crippen molar-refractivity contribution in [3.8, 4) is 6.07 Å². The Bertz CT molecular complexity index is 332. The molecule has 0 aromatic heterocycles. The first-order valence-corrected chi connectivity index (χ1v) is 7.60. The summed E-state index contributed by atoms with van der Waals surface area (Å²) in [6.45, 7) is 5.43. The molecule has 1 N–H and O–H groups in total. The SMILES string of the molecule is CN(C)C1CCCN(CCC(C)(C#N)NC2CC2)C1. The molecular formula is C15H28N4. The van der Waals surface area contributed by atoms with Gasteiger partial charge in [0.1, 0.15) is 5.54 Å². The molecule has 1 saturated carbocycles. The van der Waals surface area contributed by atoms with Crippen LogP contribution in [0.25, 0.3) is 0 Å². The van der Waals surface area contributed by atoms with Crippen LogP contribution in [0, 0.1) is 11.3 Å². The summed E-state index contributed by atoms with van der Waals surface area (Å²) in [6.07, 6.45) is 6.00. The van der Waals surface area contributed by atoms with E-state index in [1.54, 1.807) is 0 Å². The summed E-state index contributed by atoms with van der Waals surface area (Å²) in [5.41, 5.74) is -0.341. The van der Waals surface area contributed by atoms with Gasteiger partial charge in [0.2, 0.25) is 0 Å². The molecule has 0 radical (unpaired) electrons. The smallest absolute Gasteiger partial charge is 0.105 e. The average Bonchev–Trinajstić information content (AvgIpc) is 3.20. The summed E-state index contributed by atoms with van der Waals surface area (Å²) in [5, 5.41) is 12.9. The van der Waals surface area contributed by atoms with Crippen molar-refractivity contribution in [1.29, 1.82) is 5.26 Å². The van der Waals surface area contributed by atoms with Gasteiger partial charge in [0, 0.05) is 25.2 Å². The molecule has 2 rings (SSSR count). The Morgan fingerprint density at radius 3 is 2.68 bits per heavy atom. The van der Waals surface area contributed by atoms with Gasteiger partial charge in [0.15, 0.2) is 0 Å². The first-order chi connectivity index (χ1) is 9.02. The van der Waals surface area contributed by atoms with E-state index in [-0.39, 0.29) is 5.54 Å². The number of likely N-dealkylation sites (tertiary alicyclic amines) is 1. The Labute approximate surface area is 117 Å². The van der Waals surface area contributed by atoms with Crippen LogP contribution < -0.4 is 5.32 Å². The van der Waals surface area contributed by atoms with Gasteiger partial charge in [-0.1, -0.05) is 0 Å². The summed E-state index contributed by atoms with van der Waals surface area (Å²) < 4.78 is 0. The van der Waals surface area contributed by atoms with E-state index in [2.05, 4.69) is 42.2 Å². The Balaban J connectivity index is 1.78. The Kier molecular flexibility index (Phi) is 4.83. The maximum atomic E-state index is 9.39. The zero-order chi connectivity index (χ0) is 13.9. The molecular weight excluding hydrogens is 236 g/mol. The van der Waals surface area contributed by atoms with Gasteiger partial charge >= 0.3 is 0 Å². The van der Waals surface area contributed by atoms with E-state index in [1.807, 2.05) is 0 Å². The Hall–Kier alpha value is -0.630. The number of piperidine rings is 1. The van der Waals surface area contributed by atoms with Crippen molar-refractivity contribution in [2.45, 2.75) is 56.7 Å². The summed E-state index contributed by atoms with van der Waals surface area (Å²) >= 11 is 0. The number of nitrogens with one attached hydrogen (secondary N) is 1. The molecule has 1 heterocycles. The normalized spacial score (nSPS) is 28.1. The van der Waals surface area contributed by atoms with E-state index in [0.717, 1.165) is 19.5 Å². The number of hydrogen-bond acceptors (Lipinski definition) is 4. The van der Waals surface area contributed by atoms with Crippen molar-refractivity contribution in [3.63, 3.8) is 0 Å². The van der Waals surface area contributed by atoms with Crippen molar-refractivity contribution in [2.24, 2.45) is 0 Å². The van der Waals surface area contributed by atoms with E-state index in [0.29, 0.717) is 12.1 Å². The highest BCUT2D eigenvalue weighted by Gasteiger charge is 2.33. The highest BCUT2D eigenvalue weighted by atomic mass is 15.2. The van der Waals surface area contributed by atoms with Gasteiger partial charge in [-0.3, -0.25) is 5.32 Å². The lowest BCUT2D eigenvalue weighted by atomic mass is 9.97. The molecule has 0 bridgehead atoms. The quantitative estimate of drug-likeness (QED) is 0.788. The molecule has 4 nitrogen and oxygen atoms in total. The number of nitriles is 1. The Morgan fingerprint density at radius 1 is 1.37 bits per heavy atom. The average molecular weight is 264 g/mol. The molecule has 2 aliphatic rings. The van der Waals surface area contributed by atoms with E-state index in [4.69, 9.17) is 0 Å². The summed E-state index contributed by atoms with van der Waals surface area (Å²) in [6, 6.07) is 3.75. The van der Waals surface area contributed by atoms with Crippen LogP contribution in [0.1, 0.15) is 39.0 Å². The molecule has 2 atom stereocenters. The molecule has 1 aliphatic heterocycles. The fourth-order valence-electron chi connectivity index (χ4n) is 2.88. The predicted molar refractivity (Wildman–Crippen MR) is 77.9 cm³/mol. The fourth-order valence-corrected chi connectivity index (χ4v) is 2.88. The second-order valence-corrected chi connectivity index (χ2v) is 6.67. The highest BCUT2D eigenvalue weighted by molar-refractivity contribution is 5.07. The van der Waals surface area contributed by atoms with Crippen molar-refractivity contribution < 1.29 is 0 Å². The highest BCUT2D eigenvalue weighted by Crippen LogP contribution is 2.24. The molecule has 108 valence electrons. The van der Waals surface area contributed by atoms with Crippen molar-refractivity contribution in [3.05, 3.63) is 0 Å². The number of hydrogen-bond donors (Lipinski definition) is 1. The molecule has 1 saturated heterocycles. The molecule has 0 aromatic carbocycles.